The predicted molar refractivity (Wildman–Crippen MR) is 122 cm³/mol. The van der Waals surface area contributed by atoms with Crippen LogP contribution in [0, 0.1) is 13.8 Å². The van der Waals surface area contributed by atoms with Crippen LogP contribution in [0.1, 0.15) is 50.7 Å². The summed E-state index contributed by atoms with van der Waals surface area (Å²) in [4.78, 5) is 30.5. The van der Waals surface area contributed by atoms with Crippen molar-refractivity contribution in [3.63, 3.8) is 0 Å². The van der Waals surface area contributed by atoms with Crippen molar-refractivity contribution < 1.29 is 8.42 Å². The summed E-state index contributed by atoms with van der Waals surface area (Å²) in [6, 6.07) is 3.07. The number of aromatic nitrogens is 4. The van der Waals surface area contributed by atoms with E-state index in [1.165, 1.54) is 10.6 Å². The molecule has 0 spiro atoms. The van der Waals surface area contributed by atoms with Crippen LogP contribution in [0.15, 0.2) is 32.9 Å². The van der Waals surface area contributed by atoms with E-state index in [1.54, 1.807) is 19.9 Å². The highest BCUT2D eigenvalue weighted by atomic mass is 35.5. The van der Waals surface area contributed by atoms with Crippen LogP contribution in [0.5, 0.6) is 0 Å². The molecule has 168 valence electrons. The Hall–Kier alpha value is -2.39. The van der Waals surface area contributed by atoms with Crippen molar-refractivity contribution in [3.8, 4) is 0 Å². The van der Waals surface area contributed by atoms with E-state index in [1.807, 2.05) is 13.8 Å². The van der Waals surface area contributed by atoms with Gasteiger partial charge in [-0.3, -0.25) is 13.9 Å². The molecule has 0 bridgehead atoms. The lowest BCUT2D eigenvalue weighted by atomic mass is 10.2. The quantitative estimate of drug-likeness (QED) is 0.506. The highest BCUT2D eigenvalue weighted by molar-refractivity contribution is 7.90. The standard InChI is InChI=1S/C21H27ClN4O4S/c1-5-7-9-24-19-18(20(27)25(21(24)28)10-8-6-2)26(13-23-19)31(29,30)17-12-14(3)16(22)11-15(17)4/h11-13H,5-10H2,1-4H3. The monoisotopic (exact) mass is 466 g/mol. The summed E-state index contributed by atoms with van der Waals surface area (Å²) in [6.07, 6.45) is 4.07. The van der Waals surface area contributed by atoms with Crippen LogP contribution in [0.2, 0.25) is 5.02 Å². The van der Waals surface area contributed by atoms with Gasteiger partial charge in [-0.1, -0.05) is 38.3 Å². The fraction of sp³-hybridized carbons (Fsp3) is 0.476. The summed E-state index contributed by atoms with van der Waals surface area (Å²) in [5.74, 6) is 0. The van der Waals surface area contributed by atoms with Gasteiger partial charge in [-0.15, -0.1) is 0 Å². The first-order valence-corrected chi connectivity index (χ1v) is 12.2. The zero-order valence-electron chi connectivity index (χ0n) is 18.2. The SMILES string of the molecule is CCCCn1c(=O)c2c(ncn2S(=O)(=O)c2cc(C)c(Cl)cc2C)n(CCCC)c1=O. The molecule has 8 nitrogen and oxygen atoms in total. The van der Waals surface area contributed by atoms with E-state index in [-0.39, 0.29) is 22.6 Å². The number of imidazole rings is 1. The molecule has 3 rings (SSSR count). The molecular formula is C21H27ClN4O4S. The summed E-state index contributed by atoms with van der Waals surface area (Å²) < 4.78 is 30.5. The van der Waals surface area contributed by atoms with Crippen LogP contribution in [0.4, 0.5) is 0 Å². The van der Waals surface area contributed by atoms with Crippen molar-refractivity contribution in [2.24, 2.45) is 0 Å². The van der Waals surface area contributed by atoms with E-state index >= 15 is 0 Å². The number of hydrogen-bond acceptors (Lipinski definition) is 5. The molecule has 0 saturated heterocycles. The predicted octanol–water partition coefficient (Wildman–Crippen LogP) is 3.47. The van der Waals surface area contributed by atoms with Gasteiger partial charge in [0.2, 0.25) is 0 Å². The molecule has 2 aromatic heterocycles. The number of hydrogen-bond donors (Lipinski definition) is 0. The Morgan fingerprint density at radius 2 is 1.58 bits per heavy atom. The number of fused-ring (bicyclic) bond motifs is 1. The molecule has 0 aliphatic carbocycles. The smallest absolute Gasteiger partial charge is 0.276 e. The second kappa shape index (κ2) is 9.00. The molecule has 2 heterocycles. The minimum absolute atomic E-state index is 0.0412. The topological polar surface area (TPSA) is 96.0 Å². The van der Waals surface area contributed by atoms with E-state index in [0.29, 0.717) is 35.5 Å². The van der Waals surface area contributed by atoms with Gasteiger partial charge < -0.3 is 0 Å². The molecule has 0 aliphatic heterocycles. The van der Waals surface area contributed by atoms with Crippen LogP contribution in [0.25, 0.3) is 11.2 Å². The molecule has 0 unspecified atom stereocenters. The van der Waals surface area contributed by atoms with Crippen molar-refractivity contribution in [3.05, 3.63) is 55.4 Å². The van der Waals surface area contributed by atoms with Gasteiger partial charge in [0.15, 0.2) is 11.2 Å². The number of unbranched alkanes of at least 4 members (excludes halogenated alkanes) is 2. The highest BCUT2D eigenvalue weighted by Gasteiger charge is 2.27. The molecule has 0 radical (unpaired) electrons. The lowest BCUT2D eigenvalue weighted by Gasteiger charge is -2.14. The van der Waals surface area contributed by atoms with Gasteiger partial charge in [0, 0.05) is 18.1 Å². The third-order valence-corrected chi connectivity index (χ3v) is 7.54. The van der Waals surface area contributed by atoms with E-state index in [9.17, 15) is 18.0 Å². The first-order chi connectivity index (χ1) is 14.6. The minimum Gasteiger partial charge on any atom is -0.276 e. The second-order valence-corrected chi connectivity index (χ2v) is 9.87. The Morgan fingerprint density at radius 3 is 2.19 bits per heavy atom. The van der Waals surface area contributed by atoms with Gasteiger partial charge in [-0.25, -0.2) is 22.2 Å². The molecule has 0 aliphatic rings. The van der Waals surface area contributed by atoms with Gasteiger partial charge in [-0.2, -0.15) is 0 Å². The van der Waals surface area contributed by atoms with Crippen LogP contribution in [-0.4, -0.2) is 26.5 Å². The summed E-state index contributed by atoms with van der Waals surface area (Å²) in [5, 5.41) is 0.460. The number of rotatable bonds is 8. The van der Waals surface area contributed by atoms with Crippen molar-refractivity contribution in [2.75, 3.05) is 0 Å². The third kappa shape index (κ3) is 4.08. The summed E-state index contributed by atoms with van der Waals surface area (Å²) >= 11 is 6.13. The molecule has 0 N–H and O–H groups in total. The Morgan fingerprint density at radius 1 is 0.968 bits per heavy atom. The Bertz CT molecular complexity index is 1350. The van der Waals surface area contributed by atoms with Crippen molar-refractivity contribution >= 4 is 32.8 Å². The largest absolute Gasteiger partial charge is 0.332 e. The summed E-state index contributed by atoms with van der Waals surface area (Å²) in [6.45, 7) is 7.89. The Balaban J connectivity index is 2.36. The molecule has 0 saturated carbocycles. The van der Waals surface area contributed by atoms with Crippen LogP contribution >= 0.6 is 11.6 Å². The number of nitrogens with zero attached hydrogens (tertiary/aromatic N) is 4. The van der Waals surface area contributed by atoms with Crippen LogP contribution in [-0.2, 0) is 23.1 Å². The maximum atomic E-state index is 13.5. The van der Waals surface area contributed by atoms with Gasteiger partial charge in [0.25, 0.3) is 15.6 Å². The van der Waals surface area contributed by atoms with Crippen molar-refractivity contribution in [2.45, 2.75) is 71.4 Å². The molecule has 1 aromatic carbocycles. The van der Waals surface area contributed by atoms with E-state index < -0.39 is 21.3 Å². The van der Waals surface area contributed by atoms with Crippen LogP contribution in [0.3, 0.4) is 0 Å². The minimum atomic E-state index is -4.14. The lowest BCUT2D eigenvalue weighted by Crippen LogP contribution is -2.41. The highest BCUT2D eigenvalue weighted by Crippen LogP contribution is 2.26. The molecule has 0 amide bonds. The van der Waals surface area contributed by atoms with E-state index in [4.69, 9.17) is 11.6 Å². The fourth-order valence-electron chi connectivity index (χ4n) is 3.51. The molecule has 3 aromatic rings. The normalized spacial score (nSPS) is 12.0. The molecule has 0 fully saturated rings. The average molecular weight is 467 g/mol. The molecular weight excluding hydrogens is 440 g/mol. The zero-order valence-corrected chi connectivity index (χ0v) is 19.8. The molecule has 0 atom stereocenters. The van der Waals surface area contributed by atoms with Gasteiger partial charge in [0.1, 0.15) is 6.33 Å². The second-order valence-electron chi connectivity index (χ2n) is 7.68. The number of aryl methyl sites for hydroxylation is 3. The number of halogens is 1. The fourth-order valence-corrected chi connectivity index (χ4v) is 5.31. The van der Waals surface area contributed by atoms with Gasteiger partial charge >= 0.3 is 5.69 Å². The van der Waals surface area contributed by atoms with E-state index in [0.717, 1.165) is 27.7 Å². The summed E-state index contributed by atoms with van der Waals surface area (Å²) in [7, 11) is -4.14. The Kier molecular flexibility index (Phi) is 6.76. The Labute approximate surface area is 186 Å². The lowest BCUT2D eigenvalue weighted by molar-refractivity contribution is 0.529. The first-order valence-electron chi connectivity index (χ1n) is 10.4. The maximum Gasteiger partial charge on any atom is 0.332 e. The van der Waals surface area contributed by atoms with Crippen molar-refractivity contribution in [1.29, 1.82) is 0 Å². The number of benzene rings is 1. The molecule has 31 heavy (non-hydrogen) atoms. The average Bonchev–Trinajstić information content (AvgIpc) is 3.16. The summed E-state index contributed by atoms with van der Waals surface area (Å²) in [5.41, 5.74) is -0.0633. The van der Waals surface area contributed by atoms with Crippen molar-refractivity contribution in [1.82, 2.24) is 18.1 Å². The maximum absolute atomic E-state index is 13.5. The van der Waals surface area contributed by atoms with Gasteiger partial charge in [0.05, 0.1) is 4.90 Å². The molecule has 10 heteroatoms. The zero-order chi connectivity index (χ0) is 22.9. The van der Waals surface area contributed by atoms with Gasteiger partial charge in [-0.05, 0) is 49.9 Å². The third-order valence-electron chi connectivity index (χ3n) is 5.35. The van der Waals surface area contributed by atoms with Crippen LogP contribution < -0.4 is 11.2 Å². The van der Waals surface area contributed by atoms with E-state index in [2.05, 4.69) is 4.98 Å². The first kappa shape index (κ1) is 23.3.